The first-order valence-corrected chi connectivity index (χ1v) is 8.35. The summed E-state index contributed by atoms with van der Waals surface area (Å²) in [6.07, 6.45) is 2.62. The van der Waals surface area contributed by atoms with E-state index < -0.39 is 5.79 Å². The molecule has 2 N–H and O–H groups in total. The summed E-state index contributed by atoms with van der Waals surface area (Å²) in [7, 11) is 0. The lowest BCUT2D eigenvalue weighted by Crippen LogP contribution is -2.73. The van der Waals surface area contributed by atoms with Crippen molar-refractivity contribution < 1.29 is 14.7 Å². The van der Waals surface area contributed by atoms with Crippen LogP contribution in [0.25, 0.3) is 0 Å². The Morgan fingerprint density at radius 1 is 1.05 bits per heavy atom. The summed E-state index contributed by atoms with van der Waals surface area (Å²) in [6.45, 7) is 16.7. The molecular weight excluding hydrogens is 266 g/mol. The molecule has 3 unspecified atom stereocenters. The first kappa shape index (κ1) is 17.2. The third-order valence-corrected chi connectivity index (χ3v) is 6.16. The Labute approximate surface area is 129 Å². The van der Waals surface area contributed by atoms with Gasteiger partial charge in [-0.1, -0.05) is 39.7 Å². The van der Waals surface area contributed by atoms with Crippen LogP contribution in [0.4, 0.5) is 0 Å². The molecule has 3 atom stereocenters. The molecular formula is C17H34NO3+. The number of hydroxylamine groups is 2. The molecule has 0 saturated carbocycles. The van der Waals surface area contributed by atoms with Gasteiger partial charge in [0.25, 0.3) is 0 Å². The first-order chi connectivity index (χ1) is 9.55. The van der Waals surface area contributed by atoms with Crippen molar-refractivity contribution in [3.63, 3.8) is 0 Å². The van der Waals surface area contributed by atoms with Gasteiger partial charge in [0.15, 0.2) is 5.79 Å². The van der Waals surface area contributed by atoms with Crippen LogP contribution in [-0.2, 0) is 9.47 Å². The van der Waals surface area contributed by atoms with Gasteiger partial charge in [0.1, 0.15) is 0 Å². The van der Waals surface area contributed by atoms with E-state index in [1.165, 1.54) is 0 Å². The number of hydrogen-bond donors (Lipinski definition) is 0. The number of rotatable bonds is 2. The number of nitrogens with zero attached hydrogens (tertiary/aromatic N) is 1. The van der Waals surface area contributed by atoms with Gasteiger partial charge in [0.05, 0.1) is 24.3 Å². The fraction of sp³-hybridized carbons (Fsp3) is 1.00. The summed E-state index contributed by atoms with van der Waals surface area (Å²) in [5.41, 5.74) is -0.364. The van der Waals surface area contributed by atoms with E-state index >= 15 is 0 Å². The van der Waals surface area contributed by atoms with Crippen molar-refractivity contribution in [1.29, 1.82) is 0 Å². The van der Waals surface area contributed by atoms with E-state index in [2.05, 4.69) is 48.5 Å². The Hall–Kier alpha value is -0.160. The van der Waals surface area contributed by atoms with Crippen LogP contribution in [0.5, 0.6) is 0 Å². The van der Waals surface area contributed by atoms with Crippen LogP contribution < -0.4 is 0 Å². The molecule has 4 nitrogen and oxygen atoms in total. The predicted molar refractivity (Wildman–Crippen MR) is 85.0 cm³/mol. The number of ether oxygens (including phenoxy) is 2. The van der Waals surface area contributed by atoms with Gasteiger partial charge in [0, 0.05) is 17.8 Å². The third-order valence-electron chi connectivity index (χ3n) is 6.16. The Morgan fingerprint density at radius 2 is 1.57 bits per heavy atom. The number of hydrogen-bond acceptors (Lipinski definition) is 3. The Bertz CT molecular complexity index is 387. The molecule has 2 fully saturated rings. The lowest BCUT2D eigenvalue weighted by Gasteiger charge is -2.60. The van der Waals surface area contributed by atoms with Crippen LogP contribution in [0.1, 0.15) is 67.7 Å². The molecule has 2 rings (SSSR count). The van der Waals surface area contributed by atoms with Crippen molar-refractivity contribution in [3.05, 3.63) is 0 Å². The first-order valence-electron chi connectivity index (χ1n) is 8.35. The third kappa shape index (κ3) is 2.54. The van der Waals surface area contributed by atoms with Gasteiger partial charge in [-0.15, -0.1) is 0 Å². The molecule has 2 heterocycles. The molecule has 0 aromatic rings. The quantitative estimate of drug-likeness (QED) is 0.736. The maximum Gasteiger partial charge on any atom is 0.174 e. The summed E-state index contributed by atoms with van der Waals surface area (Å²) >= 11 is 0. The Kier molecular flexibility index (Phi) is 4.25. The molecule has 0 aliphatic carbocycles. The lowest BCUT2D eigenvalue weighted by atomic mass is 9.67. The maximum absolute atomic E-state index is 8.71. The van der Waals surface area contributed by atoms with E-state index in [0.717, 1.165) is 32.5 Å². The molecule has 1 spiro atoms. The molecule has 0 bridgehead atoms. The van der Waals surface area contributed by atoms with Crippen LogP contribution in [0.3, 0.4) is 0 Å². The molecule has 21 heavy (non-hydrogen) atoms. The summed E-state index contributed by atoms with van der Waals surface area (Å²) in [5.74, 6) is -0.369. The fourth-order valence-electron chi connectivity index (χ4n) is 3.86. The average molecular weight is 300 g/mol. The molecule has 0 aromatic carbocycles. The molecule has 2 aliphatic rings. The van der Waals surface area contributed by atoms with Crippen LogP contribution in [0.15, 0.2) is 0 Å². The Balaban J connectivity index is 2.39. The van der Waals surface area contributed by atoms with Crippen molar-refractivity contribution in [1.82, 2.24) is 5.06 Å². The monoisotopic (exact) mass is 300 g/mol. The van der Waals surface area contributed by atoms with Crippen LogP contribution in [0, 0.1) is 11.3 Å². The molecule has 0 aromatic heterocycles. The molecule has 0 radical (unpaired) electrons. The van der Waals surface area contributed by atoms with Gasteiger partial charge in [-0.05, 0) is 26.7 Å². The van der Waals surface area contributed by atoms with E-state index in [9.17, 15) is 0 Å². The highest BCUT2D eigenvalue weighted by molar-refractivity contribution is 5.08. The van der Waals surface area contributed by atoms with E-state index in [1.54, 1.807) is 0 Å². The van der Waals surface area contributed by atoms with Gasteiger partial charge in [0.2, 0.25) is 0 Å². The van der Waals surface area contributed by atoms with Crippen molar-refractivity contribution in [3.8, 4) is 0 Å². The zero-order valence-corrected chi connectivity index (χ0v) is 14.9. The van der Waals surface area contributed by atoms with E-state index in [-0.39, 0.29) is 22.4 Å². The largest absolute Gasteiger partial charge is 0.349 e. The standard InChI is InChI=1S/C17H33NO3/c1-8-15(6)10-17(20-11-14(4,5)12-21-17)13(3)16(7,9-2)18(15)19/h13,19H,8-12H2,1-7H3/p+1. The molecule has 2 aliphatic heterocycles. The summed E-state index contributed by atoms with van der Waals surface area (Å²) in [4.78, 5) is 0. The SMILES string of the molecule is CCC1(C)CC2(OCC(C)(C)CO2)C(C)C(C)(CC)N1[OH2+]. The second-order valence-electron chi connectivity index (χ2n) is 8.35. The molecule has 0 amide bonds. The Morgan fingerprint density at radius 3 is 2.00 bits per heavy atom. The van der Waals surface area contributed by atoms with Crippen LogP contribution in [-0.4, -0.2) is 40.3 Å². The van der Waals surface area contributed by atoms with Gasteiger partial charge in [-0.25, -0.2) is 0 Å². The minimum atomic E-state index is -0.539. The van der Waals surface area contributed by atoms with Crippen LogP contribution in [0.2, 0.25) is 0 Å². The predicted octanol–water partition coefficient (Wildman–Crippen LogP) is 3.07. The summed E-state index contributed by atoms with van der Waals surface area (Å²) in [5, 5.41) is 10.5. The van der Waals surface area contributed by atoms with E-state index in [1.807, 2.05) is 5.06 Å². The highest BCUT2D eigenvalue weighted by atomic mass is 16.7. The van der Waals surface area contributed by atoms with Crippen molar-refractivity contribution in [2.24, 2.45) is 11.3 Å². The van der Waals surface area contributed by atoms with Crippen molar-refractivity contribution >= 4 is 0 Å². The minimum Gasteiger partial charge on any atom is -0.349 e. The zero-order chi connectivity index (χ0) is 16.1. The topological polar surface area (TPSA) is 44.6 Å². The van der Waals surface area contributed by atoms with Gasteiger partial charge in [-0.2, -0.15) is 0 Å². The van der Waals surface area contributed by atoms with Crippen molar-refractivity contribution in [2.45, 2.75) is 84.6 Å². The van der Waals surface area contributed by atoms with E-state index in [0.29, 0.717) is 0 Å². The molecule has 124 valence electrons. The number of piperidine rings is 1. The van der Waals surface area contributed by atoms with Crippen LogP contribution >= 0.6 is 0 Å². The minimum absolute atomic E-state index is 0.0777. The molecule has 2 saturated heterocycles. The van der Waals surface area contributed by atoms with Crippen molar-refractivity contribution in [2.75, 3.05) is 13.2 Å². The van der Waals surface area contributed by atoms with E-state index in [4.69, 9.17) is 14.7 Å². The highest BCUT2D eigenvalue weighted by Gasteiger charge is 2.64. The van der Waals surface area contributed by atoms with Gasteiger partial charge in [-0.3, -0.25) is 0 Å². The fourth-order valence-corrected chi connectivity index (χ4v) is 3.86. The second kappa shape index (κ2) is 5.19. The smallest absolute Gasteiger partial charge is 0.174 e. The normalized spacial score (nSPS) is 43.1. The summed E-state index contributed by atoms with van der Waals surface area (Å²) in [6, 6.07) is 0. The zero-order valence-electron chi connectivity index (χ0n) is 14.9. The maximum atomic E-state index is 8.71. The van der Waals surface area contributed by atoms with Gasteiger partial charge < -0.3 is 14.7 Å². The highest BCUT2D eigenvalue weighted by Crippen LogP contribution is 2.53. The summed E-state index contributed by atoms with van der Waals surface area (Å²) < 4.78 is 12.7. The van der Waals surface area contributed by atoms with Gasteiger partial charge >= 0.3 is 0 Å². The lowest BCUT2D eigenvalue weighted by molar-refractivity contribution is -0.399. The second-order valence-corrected chi connectivity index (χ2v) is 8.35. The molecule has 4 heteroatoms. The average Bonchev–Trinajstić information content (AvgIpc) is 2.46.